The zero-order valence-electron chi connectivity index (χ0n) is 10.9. The van der Waals surface area contributed by atoms with Crippen molar-refractivity contribution in [2.75, 3.05) is 7.11 Å². The Balaban J connectivity index is 2.24. The van der Waals surface area contributed by atoms with Gasteiger partial charge >= 0.3 is 5.97 Å². The number of ether oxygens (including phenoxy) is 1. The average Bonchev–Trinajstić information content (AvgIpc) is 2.54. The van der Waals surface area contributed by atoms with Crippen LogP contribution in [-0.2, 0) is 4.74 Å². The zero-order chi connectivity index (χ0) is 13.9. The van der Waals surface area contributed by atoms with E-state index in [4.69, 9.17) is 4.74 Å². The van der Waals surface area contributed by atoms with Crippen molar-refractivity contribution in [2.45, 2.75) is 0 Å². The third kappa shape index (κ3) is 2.12. The molecule has 0 atom stereocenters. The smallest absolute Gasteiger partial charge is 0.337 e. The number of esters is 1. The second kappa shape index (κ2) is 5.09. The Morgan fingerprint density at radius 3 is 2.65 bits per heavy atom. The van der Waals surface area contributed by atoms with Crippen LogP contribution in [0.15, 0.2) is 54.7 Å². The molecule has 4 nitrogen and oxygen atoms in total. The fraction of sp³-hybridized carbons (Fsp3) is 0.0625. The number of hydrogen-bond acceptors (Lipinski definition) is 4. The molecular formula is C16H12N2O2. The molecule has 1 heterocycles. The Kier molecular flexibility index (Phi) is 3.13. The fourth-order valence-corrected chi connectivity index (χ4v) is 2.15. The molecule has 0 spiro atoms. The summed E-state index contributed by atoms with van der Waals surface area (Å²) >= 11 is 0. The number of rotatable bonds is 2. The zero-order valence-corrected chi connectivity index (χ0v) is 10.9. The highest BCUT2D eigenvalue weighted by atomic mass is 16.5. The van der Waals surface area contributed by atoms with Crippen molar-refractivity contribution < 1.29 is 9.53 Å². The summed E-state index contributed by atoms with van der Waals surface area (Å²) < 4.78 is 4.76. The first-order chi connectivity index (χ1) is 9.79. The lowest BCUT2D eigenvalue weighted by Gasteiger charge is -2.06. The van der Waals surface area contributed by atoms with Crippen molar-refractivity contribution in [3.63, 3.8) is 0 Å². The molecule has 4 heteroatoms. The Hall–Kier alpha value is -2.75. The van der Waals surface area contributed by atoms with Crippen molar-refractivity contribution in [3.05, 3.63) is 60.3 Å². The molecule has 0 aliphatic carbocycles. The maximum Gasteiger partial charge on any atom is 0.337 e. The van der Waals surface area contributed by atoms with Gasteiger partial charge in [-0.3, -0.25) is 0 Å². The Labute approximate surface area is 116 Å². The predicted molar refractivity (Wildman–Crippen MR) is 76.3 cm³/mol. The van der Waals surface area contributed by atoms with E-state index in [9.17, 15) is 4.79 Å². The van der Waals surface area contributed by atoms with Gasteiger partial charge in [0.25, 0.3) is 0 Å². The van der Waals surface area contributed by atoms with E-state index in [0.717, 1.165) is 22.0 Å². The first-order valence-electron chi connectivity index (χ1n) is 6.19. The van der Waals surface area contributed by atoms with E-state index in [1.165, 1.54) is 7.11 Å². The van der Waals surface area contributed by atoms with Crippen molar-refractivity contribution >= 4 is 16.9 Å². The number of carbonyl (C=O) groups is 1. The lowest BCUT2D eigenvalue weighted by Crippen LogP contribution is -2.01. The van der Waals surface area contributed by atoms with Crippen LogP contribution in [-0.4, -0.2) is 23.3 Å². The molecule has 0 radical (unpaired) electrons. The van der Waals surface area contributed by atoms with Gasteiger partial charge in [-0.05, 0) is 23.8 Å². The molecule has 98 valence electrons. The maximum absolute atomic E-state index is 11.6. The van der Waals surface area contributed by atoms with Crippen molar-refractivity contribution in [1.82, 2.24) is 10.2 Å². The van der Waals surface area contributed by atoms with Crippen molar-refractivity contribution in [1.29, 1.82) is 0 Å². The van der Waals surface area contributed by atoms with E-state index in [-0.39, 0.29) is 5.97 Å². The minimum Gasteiger partial charge on any atom is -0.465 e. The number of fused-ring (bicyclic) bond motifs is 1. The molecule has 0 bridgehead atoms. The fourth-order valence-electron chi connectivity index (χ4n) is 2.15. The molecule has 0 fully saturated rings. The van der Waals surface area contributed by atoms with Gasteiger partial charge in [0.1, 0.15) is 0 Å². The van der Waals surface area contributed by atoms with Gasteiger partial charge in [-0.1, -0.05) is 30.3 Å². The summed E-state index contributed by atoms with van der Waals surface area (Å²) in [6.45, 7) is 0. The van der Waals surface area contributed by atoms with Crippen LogP contribution in [0, 0.1) is 0 Å². The second-order valence-corrected chi connectivity index (χ2v) is 4.35. The van der Waals surface area contributed by atoms with E-state index < -0.39 is 0 Å². The molecule has 1 aromatic heterocycles. The van der Waals surface area contributed by atoms with Crippen LogP contribution in [0.4, 0.5) is 0 Å². The number of nitrogens with zero attached hydrogens (tertiary/aromatic N) is 2. The molecule has 0 N–H and O–H groups in total. The molecule has 3 rings (SSSR count). The van der Waals surface area contributed by atoms with Crippen LogP contribution in [0.2, 0.25) is 0 Å². The van der Waals surface area contributed by atoms with Crippen LogP contribution >= 0.6 is 0 Å². The maximum atomic E-state index is 11.6. The van der Waals surface area contributed by atoms with Crippen molar-refractivity contribution in [2.24, 2.45) is 0 Å². The SMILES string of the molecule is COC(=O)c1ccc2nncc(-c3ccccc3)c2c1. The topological polar surface area (TPSA) is 52.1 Å². The summed E-state index contributed by atoms with van der Waals surface area (Å²) in [4.78, 5) is 11.6. The van der Waals surface area contributed by atoms with E-state index in [0.29, 0.717) is 5.56 Å². The summed E-state index contributed by atoms with van der Waals surface area (Å²) in [7, 11) is 1.37. The van der Waals surface area contributed by atoms with Crippen LogP contribution < -0.4 is 0 Å². The Morgan fingerprint density at radius 1 is 1.10 bits per heavy atom. The van der Waals surface area contributed by atoms with E-state index in [2.05, 4.69) is 10.2 Å². The molecule has 0 saturated heterocycles. The first-order valence-corrected chi connectivity index (χ1v) is 6.19. The summed E-state index contributed by atoms with van der Waals surface area (Å²) in [5.74, 6) is -0.359. The molecular weight excluding hydrogens is 252 g/mol. The van der Waals surface area contributed by atoms with Gasteiger partial charge in [0.05, 0.1) is 24.4 Å². The van der Waals surface area contributed by atoms with Gasteiger partial charge in [0.15, 0.2) is 0 Å². The molecule has 2 aromatic carbocycles. The second-order valence-electron chi connectivity index (χ2n) is 4.35. The predicted octanol–water partition coefficient (Wildman–Crippen LogP) is 3.08. The highest BCUT2D eigenvalue weighted by Gasteiger charge is 2.10. The first kappa shape index (κ1) is 12.3. The standard InChI is InChI=1S/C16H12N2O2/c1-20-16(19)12-7-8-15-13(9-12)14(10-17-18-15)11-5-3-2-4-6-11/h2-10H,1H3. The van der Waals surface area contributed by atoms with Gasteiger partial charge in [-0.25, -0.2) is 4.79 Å². The molecule has 20 heavy (non-hydrogen) atoms. The highest BCUT2D eigenvalue weighted by Crippen LogP contribution is 2.27. The summed E-state index contributed by atoms with van der Waals surface area (Å²) in [6, 6.07) is 15.1. The monoisotopic (exact) mass is 264 g/mol. The average molecular weight is 264 g/mol. The lowest BCUT2D eigenvalue weighted by molar-refractivity contribution is 0.0601. The molecule has 3 aromatic rings. The van der Waals surface area contributed by atoms with E-state index >= 15 is 0 Å². The quantitative estimate of drug-likeness (QED) is 0.667. The Morgan fingerprint density at radius 2 is 1.90 bits per heavy atom. The minimum atomic E-state index is -0.359. The molecule has 0 aliphatic rings. The summed E-state index contributed by atoms with van der Waals surface area (Å²) in [5.41, 5.74) is 3.24. The summed E-state index contributed by atoms with van der Waals surface area (Å²) in [5, 5.41) is 8.99. The van der Waals surface area contributed by atoms with Crippen molar-refractivity contribution in [3.8, 4) is 11.1 Å². The third-order valence-electron chi connectivity index (χ3n) is 3.14. The lowest BCUT2D eigenvalue weighted by atomic mass is 10.0. The summed E-state index contributed by atoms with van der Waals surface area (Å²) in [6.07, 6.45) is 1.71. The number of hydrogen-bond donors (Lipinski definition) is 0. The number of carbonyl (C=O) groups excluding carboxylic acids is 1. The van der Waals surface area contributed by atoms with Gasteiger partial charge in [-0.15, -0.1) is 0 Å². The van der Waals surface area contributed by atoms with Gasteiger partial charge in [-0.2, -0.15) is 10.2 Å². The van der Waals surface area contributed by atoms with Crippen LogP contribution in [0.3, 0.4) is 0 Å². The largest absolute Gasteiger partial charge is 0.465 e. The molecule has 0 aliphatic heterocycles. The van der Waals surface area contributed by atoms with E-state index in [1.807, 2.05) is 30.3 Å². The minimum absolute atomic E-state index is 0.359. The van der Waals surface area contributed by atoms with Gasteiger partial charge < -0.3 is 4.74 Å². The molecule has 0 amide bonds. The Bertz CT molecular complexity index is 770. The molecule has 0 saturated carbocycles. The molecule has 0 unspecified atom stereocenters. The highest BCUT2D eigenvalue weighted by molar-refractivity contribution is 5.99. The number of methoxy groups -OCH3 is 1. The van der Waals surface area contributed by atoms with Gasteiger partial charge in [0, 0.05) is 10.9 Å². The van der Waals surface area contributed by atoms with Crippen LogP contribution in [0.25, 0.3) is 22.0 Å². The van der Waals surface area contributed by atoms with Gasteiger partial charge in [0.2, 0.25) is 0 Å². The normalized spacial score (nSPS) is 10.4. The van der Waals surface area contributed by atoms with E-state index in [1.54, 1.807) is 24.4 Å². The van der Waals surface area contributed by atoms with Crippen LogP contribution in [0.1, 0.15) is 10.4 Å². The number of aromatic nitrogens is 2. The van der Waals surface area contributed by atoms with Crippen LogP contribution in [0.5, 0.6) is 0 Å². The third-order valence-corrected chi connectivity index (χ3v) is 3.14. The number of benzene rings is 2.